The quantitative estimate of drug-likeness (QED) is 0.693. The number of anilines is 1. The van der Waals surface area contributed by atoms with Crippen LogP contribution >= 0.6 is 0 Å². The fourth-order valence-electron chi connectivity index (χ4n) is 2.38. The Hall–Kier alpha value is -2.82. The van der Waals surface area contributed by atoms with Crippen molar-refractivity contribution in [3.63, 3.8) is 0 Å². The number of aromatic nitrogens is 2. The van der Waals surface area contributed by atoms with E-state index in [0.717, 1.165) is 27.1 Å². The van der Waals surface area contributed by atoms with Crippen molar-refractivity contribution in [1.29, 1.82) is 0 Å². The number of fused-ring (bicyclic) bond motifs is 1. The lowest BCUT2D eigenvalue weighted by Gasteiger charge is -2.17. The number of nitrogens with zero attached hydrogens (tertiary/aromatic N) is 2. The Balaban J connectivity index is 1.91. The summed E-state index contributed by atoms with van der Waals surface area (Å²) in [4.78, 5) is 16.5. The van der Waals surface area contributed by atoms with Crippen molar-refractivity contribution < 1.29 is 10.0 Å². The molecule has 1 aromatic heterocycles. The molecule has 2 N–H and O–H groups in total. The lowest BCUT2D eigenvalue weighted by atomic mass is 9.95. The van der Waals surface area contributed by atoms with E-state index >= 15 is 0 Å². The van der Waals surface area contributed by atoms with Crippen molar-refractivity contribution in [3.05, 3.63) is 48.0 Å². The molecule has 24 heavy (non-hydrogen) atoms. The Bertz CT molecular complexity index is 903. The first-order valence-corrected chi connectivity index (χ1v) is 7.86. The van der Waals surface area contributed by atoms with Gasteiger partial charge in [0.15, 0.2) is 5.82 Å². The van der Waals surface area contributed by atoms with E-state index in [1.165, 1.54) is 0 Å². The molecule has 0 bridgehead atoms. The maximum Gasteiger partial charge on any atom is 0.229 e. The highest BCUT2D eigenvalue weighted by Crippen LogP contribution is 2.26. The van der Waals surface area contributed by atoms with Crippen molar-refractivity contribution in [1.82, 2.24) is 9.71 Å². The zero-order chi connectivity index (χ0) is 17.5. The number of carbonyl (C=O) groups excluding carboxylic acids is 1. The van der Waals surface area contributed by atoms with Gasteiger partial charge in [-0.2, -0.15) is 4.73 Å². The van der Waals surface area contributed by atoms with Crippen molar-refractivity contribution in [2.75, 3.05) is 5.32 Å². The van der Waals surface area contributed by atoms with Gasteiger partial charge in [-0.05, 0) is 48.9 Å². The molecule has 0 radical (unpaired) electrons. The lowest BCUT2D eigenvalue weighted by molar-refractivity contribution is -0.123. The normalized spacial score (nSPS) is 11.7. The van der Waals surface area contributed by atoms with Crippen molar-refractivity contribution in [3.8, 4) is 11.4 Å². The van der Waals surface area contributed by atoms with Gasteiger partial charge in [0.1, 0.15) is 5.52 Å². The first kappa shape index (κ1) is 16.1. The molecular formula is C19H21N3O2. The molecule has 3 aromatic rings. The van der Waals surface area contributed by atoms with E-state index in [4.69, 9.17) is 0 Å². The minimum absolute atomic E-state index is 0.0416. The van der Waals surface area contributed by atoms with Crippen molar-refractivity contribution in [2.45, 2.75) is 27.7 Å². The Morgan fingerprint density at radius 3 is 2.42 bits per heavy atom. The summed E-state index contributed by atoms with van der Waals surface area (Å²) in [5.74, 6) is 0.435. The van der Waals surface area contributed by atoms with E-state index in [-0.39, 0.29) is 5.91 Å². The Kier molecular flexibility index (Phi) is 3.79. The zero-order valence-corrected chi connectivity index (χ0v) is 14.3. The summed E-state index contributed by atoms with van der Waals surface area (Å²) in [6.45, 7) is 7.57. The number of hydrogen-bond acceptors (Lipinski definition) is 3. The molecular weight excluding hydrogens is 302 g/mol. The van der Waals surface area contributed by atoms with Crippen LogP contribution in [0.2, 0.25) is 0 Å². The van der Waals surface area contributed by atoms with Gasteiger partial charge < -0.3 is 10.5 Å². The average Bonchev–Trinajstić information content (AvgIpc) is 2.84. The predicted molar refractivity (Wildman–Crippen MR) is 95.2 cm³/mol. The van der Waals surface area contributed by atoms with Crippen molar-refractivity contribution in [2.24, 2.45) is 5.41 Å². The van der Waals surface area contributed by atoms with Gasteiger partial charge in [0, 0.05) is 16.7 Å². The van der Waals surface area contributed by atoms with Gasteiger partial charge in [0.2, 0.25) is 5.91 Å². The first-order valence-electron chi connectivity index (χ1n) is 7.86. The molecule has 5 nitrogen and oxygen atoms in total. The molecule has 1 amide bonds. The lowest BCUT2D eigenvalue weighted by Crippen LogP contribution is -2.27. The van der Waals surface area contributed by atoms with E-state index < -0.39 is 5.41 Å². The van der Waals surface area contributed by atoms with Crippen LogP contribution in [0.1, 0.15) is 26.3 Å². The van der Waals surface area contributed by atoms with Gasteiger partial charge in [-0.3, -0.25) is 4.79 Å². The first-order chi connectivity index (χ1) is 11.3. The topological polar surface area (TPSA) is 67.2 Å². The molecule has 0 aliphatic carbocycles. The molecule has 0 atom stereocenters. The van der Waals surface area contributed by atoms with Gasteiger partial charge in [0.05, 0.1) is 5.52 Å². The molecule has 1 heterocycles. The largest absolute Gasteiger partial charge is 0.426 e. The number of nitrogens with one attached hydrogen (secondary N) is 1. The maximum absolute atomic E-state index is 12.0. The highest BCUT2D eigenvalue weighted by Gasteiger charge is 2.21. The van der Waals surface area contributed by atoms with Crippen LogP contribution in [-0.4, -0.2) is 20.8 Å². The van der Waals surface area contributed by atoms with Crippen molar-refractivity contribution >= 4 is 22.6 Å². The molecule has 124 valence electrons. The van der Waals surface area contributed by atoms with Crippen LogP contribution in [0.15, 0.2) is 42.5 Å². The Morgan fingerprint density at radius 2 is 1.79 bits per heavy atom. The number of amides is 1. The molecule has 0 spiro atoms. The minimum atomic E-state index is -0.449. The number of benzene rings is 2. The fourth-order valence-corrected chi connectivity index (χ4v) is 2.38. The highest BCUT2D eigenvalue weighted by atomic mass is 16.5. The molecule has 3 rings (SSSR count). The van der Waals surface area contributed by atoms with Crippen LogP contribution in [0.4, 0.5) is 5.69 Å². The molecule has 0 saturated carbocycles. The molecule has 0 unspecified atom stereocenters. The third-order valence-corrected chi connectivity index (χ3v) is 3.87. The minimum Gasteiger partial charge on any atom is -0.426 e. The summed E-state index contributed by atoms with van der Waals surface area (Å²) in [6, 6.07) is 13.0. The highest BCUT2D eigenvalue weighted by molar-refractivity contribution is 5.94. The monoisotopic (exact) mass is 323 g/mol. The number of imidazole rings is 1. The smallest absolute Gasteiger partial charge is 0.229 e. The van der Waals surface area contributed by atoms with Crippen LogP contribution in [-0.2, 0) is 4.79 Å². The van der Waals surface area contributed by atoms with E-state index in [1.807, 2.05) is 70.2 Å². The average molecular weight is 323 g/mol. The molecule has 0 aliphatic rings. The zero-order valence-electron chi connectivity index (χ0n) is 14.3. The van der Waals surface area contributed by atoms with Crippen LogP contribution < -0.4 is 5.32 Å². The Morgan fingerprint density at radius 1 is 1.12 bits per heavy atom. The van der Waals surface area contributed by atoms with E-state index in [2.05, 4.69) is 10.3 Å². The van der Waals surface area contributed by atoms with Crippen LogP contribution in [0.3, 0.4) is 0 Å². The maximum atomic E-state index is 12.0. The summed E-state index contributed by atoms with van der Waals surface area (Å²) in [6.07, 6.45) is 0. The molecule has 0 fully saturated rings. The fraction of sp³-hybridized carbons (Fsp3) is 0.263. The summed E-state index contributed by atoms with van der Waals surface area (Å²) >= 11 is 0. The predicted octanol–water partition coefficient (Wildman–Crippen LogP) is 4.23. The van der Waals surface area contributed by atoms with Gasteiger partial charge in [-0.1, -0.05) is 26.8 Å². The molecule has 0 aliphatic heterocycles. The summed E-state index contributed by atoms with van der Waals surface area (Å²) in [5.41, 5.74) is 3.52. The van der Waals surface area contributed by atoms with Gasteiger partial charge in [0.25, 0.3) is 0 Å². The number of rotatable bonds is 2. The second kappa shape index (κ2) is 5.67. The summed E-state index contributed by atoms with van der Waals surface area (Å²) in [7, 11) is 0. The third kappa shape index (κ3) is 2.97. The van der Waals surface area contributed by atoms with E-state index in [0.29, 0.717) is 11.3 Å². The van der Waals surface area contributed by atoms with Gasteiger partial charge in [-0.15, -0.1) is 0 Å². The number of carbonyl (C=O) groups is 1. The molecule has 0 saturated heterocycles. The van der Waals surface area contributed by atoms with E-state index in [9.17, 15) is 10.0 Å². The second-order valence-electron chi connectivity index (χ2n) is 7.02. The molecule has 2 aromatic carbocycles. The summed E-state index contributed by atoms with van der Waals surface area (Å²) in [5, 5.41) is 13.3. The standard InChI is InChI=1S/C19H21N3O2/c1-12-5-10-15-16(11-12)22(24)17(21-15)13-6-8-14(9-7-13)20-18(23)19(2,3)4/h5-11,24H,1-4H3,(H,20,23). The van der Waals surface area contributed by atoms with Gasteiger partial charge in [-0.25, -0.2) is 4.98 Å². The second-order valence-corrected chi connectivity index (χ2v) is 7.02. The van der Waals surface area contributed by atoms with Crippen LogP contribution in [0, 0.1) is 12.3 Å². The third-order valence-electron chi connectivity index (χ3n) is 3.87. The van der Waals surface area contributed by atoms with Crippen LogP contribution in [0.25, 0.3) is 22.4 Å². The molecule has 5 heteroatoms. The van der Waals surface area contributed by atoms with Crippen LogP contribution in [0.5, 0.6) is 0 Å². The number of aryl methyl sites for hydroxylation is 1. The SMILES string of the molecule is Cc1ccc2nc(-c3ccc(NC(=O)C(C)(C)C)cc3)n(O)c2c1. The Labute approximate surface area is 140 Å². The van der Waals surface area contributed by atoms with E-state index in [1.54, 1.807) is 0 Å². The number of hydrogen-bond donors (Lipinski definition) is 2. The van der Waals surface area contributed by atoms with Gasteiger partial charge >= 0.3 is 0 Å². The summed E-state index contributed by atoms with van der Waals surface area (Å²) < 4.78 is 1.10.